The molecule has 0 bridgehead atoms. The number of carbonyl (C=O) groups excluding carboxylic acids is 1. The molecule has 24 heavy (non-hydrogen) atoms. The molecule has 126 valence electrons. The van der Waals surface area contributed by atoms with E-state index in [2.05, 4.69) is 15.6 Å². The number of benzene rings is 1. The third-order valence-corrected chi connectivity index (χ3v) is 4.15. The number of carboxylic acid groups (broad SMARTS) is 1. The van der Waals surface area contributed by atoms with E-state index in [-0.39, 0.29) is 30.8 Å². The van der Waals surface area contributed by atoms with E-state index in [0.29, 0.717) is 22.7 Å². The topological polar surface area (TPSA) is 97.1 Å². The molecule has 1 aliphatic carbocycles. The maximum Gasteiger partial charge on any atom is 0.325 e. The number of nitrogens with zero attached hydrogens (tertiary/aromatic N) is 3. The second-order valence-electron chi connectivity index (χ2n) is 5.60. The Hall–Kier alpha value is -2.48. The first-order valence-electron chi connectivity index (χ1n) is 7.28. The highest BCUT2D eigenvalue weighted by Gasteiger charge is 2.46. The maximum absolute atomic E-state index is 13.9. The molecule has 9 heteroatoms. The lowest BCUT2D eigenvalue weighted by Gasteiger charge is -2.05. The summed E-state index contributed by atoms with van der Waals surface area (Å²) in [5.74, 6) is -2.19. The lowest BCUT2D eigenvalue weighted by molar-refractivity contribution is -0.138. The first kappa shape index (κ1) is 16.4. The molecule has 2 atom stereocenters. The summed E-state index contributed by atoms with van der Waals surface area (Å²) in [6, 6.07) is 4.46. The van der Waals surface area contributed by atoms with Gasteiger partial charge in [0.25, 0.3) is 0 Å². The minimum Gasteiger partial charge on any atom is -0.480 e. The zero-order chi connectivity index (χ0) is 17.3. The minimum absolute atomic E-state index is 0.132. The highest BCUT2D eigenvalue weighted by molar-refractivity contribution is 6.31. The van der Waals surface area contributed by atoms with Crippen molar-refractivity contribution in [3.8, 4) is 0 Å². The van der Waals surface area contributed by atoms with Crippen LogP contribution in [-0.2, 0) is 22.7 Å². The number of amides is 1. The SMILES string of the molecule is O=C(O)Cn1cc(CNC(=O)C2CC2c2c(F)cccc2Cl)nn1. The summed E-state index contributed by atoms with van der Waals surface area (Å²) >= 11 is 6.01. The van der Waals surface area contributed by atoms with Gasteiger partial charge >= 0.3 is 5.97 Å². The largest absolute Gasteiger partial charge is 0.480 e. The Morgan fingerprint density at radius 3 is 2.96 bits per heavy atom. The van der Waals surface area contributed by atoms with E-state index in [4.69, 9.17) is 16.7 Å². The van der Waals surface area contributed by atoms with Gasteiger partial charge in [0, 0.05) is 22.4 Å². The molecule has 1 amide bonds. The van der Waals surface area contributed by atoms with Crippen molar-refractivity contribution < 1.29 is 19.1 Å². The van der Waals surface area contributed by atoms with Crippen molar-refractivity contribution in [2.45, 2.75) is 25.4 Å². The molecule has 0 aliphatic heterocycles. The smallest absolute Gasteiger partial charge is 0.325 e. The van der Waals surface area contributed by atoms with Gasteiger partial charge in [-0.05, 0) is 18.6 Å². The first-order chi connectivity index (χ1) is 11.5. The molecular weight excluding hydrogens is 339 g/mol. The van der Waals surface area contributed by atoms with Crippen LogP contribution in [0.15, 0.2) is 24.4 Å². The van der Waals surface area contributed by atoms with Crippen LogP contribution in [0.5, 0.6) is 0 Å². The third-order valence-electron chi connectivity index (χ3n) is 3.82. The summed E-state index contributed by atoms with van der Waals surface area (Å²) < 4.78 is 15.0. The number of aromatic nitrogens is 3. The Bertz CT molecular complexity index is 775. The Morgan fingerprint density at radius 2 is 2.25 bits per heavy atom. The van der Waals surface area contributed by atoms with Gasteiger partial charge in [-0.15, -0.1) is 5.10 Å². The van der Waals surface area contributed by atoms with Crippen molar-refractivity contribution in [3.05, 3.63) is 46.5 Å². The van der Waals surface area contributed by atoms with E-state index in [9.17, 15) is 14.0 Å². The van der Waals surface area contributed by atoms with Gasteiger partial charge in [0.1, 0.15) is 18.1 Å². The molecule has 2 unspecified atom stereocenters. The molecule has 2 aromatic rings. The van der Waals surface area contributed by atoms with Gasteiger partial charge in [-0.3, -0.25) is 9.59 Å². The fourth-order valence-corrected chi connectivity index (χ4v) is 2.92. The first-order valence-corrected chi connectivity index (χ1v) is 7.66. The van der Waals surface area contributed by atoms with Gasteiger partial charge in [0.15, 0.2) is 0 Å². The molecule has 0 saturated heterocycles. The van der Waals surface area contributed by atoms with E-state index in [1.807, 2.05) is 0 Å². The van der Waals surface area contributed by atoms with Crippen LogP contribution in [0.4, 0.5) is 4.39 Å². The van der Waals surface area contributed by atoms with Crippen LogP contribution in [0, 0.1) is 11.7 Å². The molecule has 2 N–H and O–H groups in total. The third kappa shape index (κ3) is 3.53. The molecule has 1 heterocycles. The normalized spacial score (nSPS) is 19.1. The van der Waals surface area contributed by atoms with Crippen LogP contribution in [0.2, 0.25) is 5.02 Å². The molecule has 1 aromatic carbocycles. The second-order valence-corrected chi connectivity index (χ2v) is 6.01. The molecule has 1 saturated carbocycles. The van der Waals surface area contributed by atoms with Crippen LogP contribution in [-0.4, -0.2) is 32.0 Å². The average molecular weight is 353 g/mol. The van der Waals surface area contributed by atoms with Crippen molar-refractivity contribution in [2.75, 3.05) is 0 Å². The molecule has 1 aromatic heterocycles. The zero-order valence-electron chi connectivity index (χ0n) is 12.4. The fraction of sp³-hybridized carbons (Fsp3) is 0.333. The fourth-order valence-electron chi connectivity index (χ4n) is 2.61. The van der Waals surface area contributed by atoms with Gasteiger partial charge < -0.3 is 10.4 Å². The van der Waals surface area contributed by atoms with E-state index in [0.717, 1.165) is 0 Å². The number of carboxylic acids is 1. The Morgan fingerprint density at radius 1 is 1.46 bits per heavy atom. The Balaban J connectivity index is 1.55. The van der Waals surface area contributed by atoms with Gasteiger partial charge in [0.05, 0.1) is 12.7 Å². The standard InChI is InChI=1S/C15H14ClFN4O3/c16-11-2-1-3-12(17)14(11)9-4-10(9)15(24)18-5-8-6-21(20-19-8)7-13(22)23/h1-3,6,9-10H,4-5,7H2,(H,18,24)(H,22,23). The number of aliphatic carboxylic acids is 1. The van der Waals surface area contributed by atoms with Crippen molar-refractivity contribution in [3.63, 3.8) is 0 Å². The van der Waals surface area contributed by atoms with Crippen LogP contribution < -0.4 is 5.32 Å². The monoisotopic (exact) mass is 352 g/mol. The van der Waals surface area contributed by atoms with Crippen molar-refractivity contribution >= 4 is 23.5 Å². The van der Waals surface area contributed by atoms with Crippen LogP contribution in [0.3, 0.4) is 0 Å². The van der Waals surface area contributed by atoms with Gasteiger partial charge in [-0.1, -0.05) is 22.9 Å². The van der Waals surface area contributed by atoms with E-state index in [1.54, 1.807) is 6.07 Å². The highest BCUT2D eigenvalue weighted by Crippen LogP contribution is 2.50. The number of halogens is 2. The highest BCUT2D eigenvalue weighted by atomic mass is 35.5. The number of hydrogen-bond acceptors (Lipinski definition) is 4. The quantitative estimate of drug-likeness (QED) is 0.822. The predicted molar refractivity (Wildman–Crippen MR) is 81.8 cm³/mol. The summed E-state index contributed by atoms with van der Waals surface area (Å²) in [4.78, 5) is 22.7. The van der Waals surface area contributed by atoms with Crippen LogP contribution >= 0.6 is 11.6 Å². The molecule has 7 nitrogen and oxygen atoms in total. The van der Waals surface area contributed by atoms with Crippen molar-refractivity contribution in [1.82, 2.24) is 20.3 Å². The maximum atomic E-state index is 13.9. The number of hydrogen-bond donors (Lipinski definition) is 2. The summed E-state index contributed by atoms with van der Waals surface area (Å²) in [5, 5.41) is 19.1. The zero-order valence-corrected chi connectivity index (χ0v) is 13.2. The average Bonchev–Trinajstić information content (AvgIpc) is 3.17. The van der Waals surface area contributed by atoms with E-state index >= 15 is 0 Å². The lowest BCUT2D eigenvalue weighted by Crippen LogP contribution is -2.25. The molecule has 1 aliphatic rings. The second kappa shape index (κ2) is 6.56. The van der Waals surface area contributed by atoms with Gasteiger partial charge in [-0.2, -0.15) is 0 Å². The summed E-state index contributed by atoms with van der Waals surface area (Å²) in [6.07, 6.45) is 1.99. The van der Waals surface area contributed by atoms with Gasteiger partial charge in [-0.25, -0.2) is 9.07 Å². The van der Waals surface area contributed by atoms with E-state index < -0.39 is 11.8 Å². The Labute approximate surface area is 141 Å². The number of rotatable bonds is 6. The molecular formula is C15H14ClFN4O3. The molecule has 0 spiro atoms. The van der Waals surface area contributed by atoms with Crippen molar-refractivity contribution in [1.29, 1.82) is 0 Å². The molecule has 0 radical (unpaired) electrons. The summed E-state index contributed by atoms with van der Waals surface area (Å²) in [5.41, 5.74) is 0.831. The van der Waals surface area contributed by atoms with Gasteiger partial charge in [0.2, 0.25) is 5.91 Å². The molecule has 3 rings (SSSR count). The number of nitrogens with one attached hydrogen (secondary N) is 1. The van der Waals surface area contributed by atoms with Crippen LogP contribution in [0.1, 0.15) is 23.6 Å². The van der Waals surface area contributed by atoms with Crippen molar-refractivity contribution in [2.24, 2.45) is 5.92 Å². The number of carbonyl (C=O) groups is 2. The lowest BCUT2D eigenvalue weighted by atomic mass is 10.1. The predicted octanol–water partition coefficient (Wildman–Crippen LogP) is 1.58. The minimum atomic E-state index is -1.03. The van der Waals surface area contributed by atoms with E-state index in [1.165, 1.54) is 23.0 Å². The molecule has 1 fully saturated rings. The summed E-state index contributed by atoms with van der Waals surface area (Å²) in [6.45, 7) is -0.163. The van der Waals surface area contributed by atoms with Crippen LogP contribution in [0.25, 0.3) is 0 Å². The summed E-state index contributed by atoms with van der Waals surface area (Å²) in [7, 11) is 0. The Kier molecular flexibility index (Phi) is 4.48.